The molecule has 27 heavy (non-hydrogen) atoms. The molecule has 1 atom stereocenters. The van der Waals surface area contributed by atoms with E-state index >= 15 is 0 Å². The fourth-order valence-electron chi connectivity index (χ4n) is 2.98. The van der Waals surface area contributed by atoms with Gasteiger partial charge in [-0.15, -0.1) is 0 Å². The number of benzene rings is 1. The van der Waals surface area contributed by atoms with E-state index in [2.05, 4.69) is 0 Å². The zero-order valence-corrected chi connectivity index (χ0v) is 15.1. The van der Waals surface area contributed by atoms with Crippen LogP contribution in [-0.4, -0.2) is 31.9 Å². The lowest BCUT2D eigenvalue weighted by Gasteiger charge is -2.24. The van der Waals surface area contributed by atoms with Gasteiger partial charge >= 0.3 is 5.97 Å². The smallest absolute Gasteiger partial charge is 0.306 e. The number of hydrogen-bond donors (Lipinski definition) is 1. The summed E-state index contributed by atoms with van der Waals surface area (Å²) in [6, 6.07) is 8.62. The second kappa shape index (κ2) is 8.09. The molecule has 1 N–H and O–H groups in total. The standard InChI is InChI=1S/C20H20O7/c1-24-11-14-8-16(21)19(23)20(27-14)15(9-18(22)25-2)13-7-12-5-3-4-6-17(12)26-10-13/h3-8,15,23H,9-11H2,1-2H3. The summed E-state index contributed by atoms with van der Waals surface area (Å²) in [5.41, 5.74) is 0.923. The van der Waals surface area contributed by atoms with Crippen LogP contribution in [0.15, 0.2) is 45.1 Å². The molecule has 1 aliphatic heterocycles. The van der Waals surface area contributed by atoms with Crippen LogP contribution in [0.3, 0.4) is 0 Å². The molecule has 1 aromatic carbocycles. The van der Waals surface area contributed by atoms with Gasteiger partial charge < -0.3 is 23.7 Å². The van der Waals surface area contributed by atoms with Crippen molar-refractivity contribution >= 4 is 12.0 Å². The van der Waals surface area contributed by atoms with Crippen LogP contribution in [0.1, 0.15) is 29.4 Å². The molecule has 0 aliphatic carbocycles. The molecule has 1 aromatic heterocycles. The van der Waals surface area contributed by atoms with E-state index in [1.807, 2.05) is 30.3 Å². The molecule has 1 aliphatic rings. The highest BCUT2D eigenvalue weighted by Gasteiger charge is 2.30. The Morgan fingerprint density at radius 3 is 2.81 bits per heavy atom. The van der Waals surface area contributed by atoms with Crippen LogP contribution in [-0.2, 0) is 20.9 Å². The number of carbonyl (C=O) groups excluding carboxylic acids is 1. The number of aromatic hydroxyl groups is 1. The minimum atomic E-state index is -0.713. The van der Waals surface area contributed by atoms with E-state index in [0.717, 1.165) is 11.3 Å². The van der Waals surface area contributed by atoms with Crippen molar-refractivity contribution in [2.75, 3.05) is 20.8 Å². The summed E-state index contributed by atoms with van der Waals surface area (Å²) in [6.45, 7) is 0.252. The van der Waals surface area contributed by atoms with Gasteiger partial charge in [0.15, 0.2) is 5.76 Å². The van der Waals surface area contributed by atoms with E-state index in [1.54, 1.807) is 0 Å². The number of esters is 1. The third kappa shape index (κ3) is 4.03. The van der Waals surface area contributed by atoms with E-state index in [4.69, 9.17) is 18.6 Å². The SMILES string of the molecule is COCc1cc(=O)c(O)c(C(CC(=O)OC)C2=Cc3ccccc3OC2)o1. The van der Waals surface area contributed by atoms with Crippen LogP contribution in [0.25, 0.3) is 6.08 Å². The fourth-order valence-corrected chi connectivity index (χ4v) is 2.98. The molecule has 0 saturated carbocycles. The molecule has 7 heteroatoms. The predicted octanol–water partition coefficient (Wildman–Crippen LogP) is 2.61. The maximum atomic E-state index is 12.1. The summed E-state index contributed by atoms with van der Waals surface area (Å²) in [5.74, 6) is -0.785. The Kier molecular flexibility index (Phi) is 5.61. The van der Waals surface area contributed by atoms with Crippen LogP contribution in [0.5, 0.6) is 11.5 Å². The number of fused-ring (bicyclic) bond motifs is 1. The molecule has 0 amide bonds. The molecule has 0 radical (unpaired) electrons. The highest BCUT2D eigenvalue weighted by Crippen LogP contribution is 2.38. The molecule has 7 nitrogen and oxygen atoms in total. The van der Waals surface area contributed by atoms with Gasteiger partial charge in [0.2, 0.25) is 11.2 Å². The largest absolute Gasteiger partial charge is 0.502 e. The van der Waals surface area contributed by atoms with Gasteiger partial charge in [-0.3, -0.25) is 9.59 Å². The Morgan fingerprint density at radius 1 is 1.30 bits per heavy atom. The first-order valence-corrected chi connectivity index (χ1v) is 8.37. The topological polar surface area (TPSA) is 95.2 Å². The third-order valence-corrected chi connectivity index (χ3v) is 4.30. The van der Waals surface area contributed by atoms with Crippen LogP contribution in [0.4, 0.5) is 0 Å². The molecular formula is C20H20O7. The molecule has 0 bridgehead atoms. The Morgan fingerprint density at radius 2 is 2.07 bits per heavy atom. The number of carbonyl (C=O) groups is 1. The Labute approximate surface area is 155 Å². The number of para-hydroxylation sites is 1. The van der Waals surface area contributed by atoms with Crippen LogP contribution in [0, 0.1) is 0 Å². The summed E-state index contributed by atoms with van der Waals surface area (Å²) < 4.78 is 21.2. The van der Waals surface area contributed by atoms with Crippen molar-refractivity contribution in [2.45, 2.75) is 18.9 Å². The van der Waals surface area contributed by atoms with Gasteiger partial charge in [0.1, 0.15) is 24.7 Å². The molecule has 3 rings (SSSR count). The normalized spacial score (nSPS) is 13.9. The van der Waals surface area contributed by atoms with Crippen molar-refractivity contribution < 1.29 is 28.5 Å². The highest BCUT2D eigenvalue weighted by molar-refractivity contribution is 5.73. The van der Waals surface area contributed by atoms with Crippen molar-refractivity contribution in [3.8, 4) is 11.5 Å². The summed E-state index contributed by atoms with van der Waals surface area (Å²) >= 11 is 0. The Bertz CT molecular complexity index is 926. The van der Waals surface area contributed by atoms with E-state index in [-0.39, 0.29) is 31.2 Å². The second-order valence-corrected chi connectivity index (χ2v) is 6.10. The second-order valence-electron chi connectivity index (χ2n) is 6.10. The Balaban J connectivity index is 2.09. The molecule has 1 unspecified atom stereocenters. The van der Waals surface area contributed by atoms with Gasteiger partial charge in [-0.05, 0) is 17.7 Å². The molecule has 0 saturated heterocycles. The number of ether oxygens (including phenoxy) is 3. The maximum absolute atomic E-state index is 12.1. The van der Waals surface area contributed by atoms with E-state index in [1.165, 1.54) is 20.3 Å². The minimum Gasteiger partial charge on any atom is -0.502 e. The van der Waals surface area contributed by atoms with Crippen molar-refractivity contribution in [3.63, 3.8) is 0 Å². The lowest BCUT2D eigenvalue weighted by Crippen LogP contribution is -2.19. The number of methoxy groups -OCH3 is 2. The van der Waals surface area contributed by atoms with Gasteiger partial charge in [-0.25, -0.2) is 0 Å². The van der Waals surface area contributed by atoms with Crippen molar-refractivity contribution in [1.82, 2.24) is 0 Å². The average molecular weight is 372 g/mol. The molecule has 2 aromatic rings. The average Bonchev–Trinajstić information content (AvgIpc) is 2.68. The first kappa shape index (κ1) is 18.7. The fraction of sp³-hybridized carbons (Fsp3) is 0.300. The molecule has 2 heterocycles. The molecule has 0 spiro atoms. The highest BCUT2D eigenvalue weighted by atomic mass is 16.5. The number of rotatable bonds is 6. The van der Waals surface area contributed by atoms with Crippen molar-refractivity contribution in [2.24, 2.45) is 0 Å². The quantitative estimate of drug-likeness (QED) is 0.779. The monoisotopic (exact) mass is 372 g/mol. The van der Waals surface area contributed by atoms with E-state index in [9.17, 15) is 14.7 Å². The van der Waals surface area contributed by atoms with Crippen LogP contribution >= 0.6 is 0 Å². The van der Waals surface area contributed by atoms with Crippen molar-refractivity contribution in [3.05, 3.63) is 63.2 Å². The lowest BCUT2D eigenvalue weighted by atomic mass is 9.89. The van der Waals surface area contributed by atoms with Gasteiger partial charge in [0.25, 0.3) is 0 Å². The minimum absolute atomic E-state index is 0.00539. The van der Waals surface area contributed by atoms with Crippen LogP contribution < -0.4 is 10.2 Å². The summed E-state index contributed by atoms with van der Waals surface area (Å²) in [7, 11) is 2.74. The summed E-state index contributed by atoms with van der Waals surface area (Å²) in [5, 5.41) is 10.3. The zero-order valence-electron chi connectivity index (χ0n) is 15.1. The first-order chi connectivity index (χ1) is 13.0. The molecular weight excluding hydrogens is 352 g/mol. The Hall–Kier alpha value is -3.06. The van der Waals surface area contributed by atoms with Crippen molar-refractivity contribution in [1.29, 1.82) is 0 Å². The number of hydrogen-bond acceptors (Lipinski definition) is 7. The van der Waals surface area contributed by atoms with Crippen LogP contribution in [0.2, 0.25) is 0 Å². The van der Waals surface area contributed by atoms with Gasteiger partial charge in [0, 0.05) is 18.7 Å². The predicted molar refractivity (Wildman–Crippen MR) is 96.6 cm³/mol. The van der Waals surface area contributed by atoms with Gasteiger partial charge in [0.05, 0.1) is 19.4 Å². The van der Waals surface area contributed by atoms with Gasteiger partial charge in [-0.2, -0.15) is 0 Å². The molecule has 142 valence electrons. The summed E-state index contributed by atoms with van der Waals surface area (Å²) in [4.78, 5) is 24.1. The maximum Gasteiger partial charge on any atom is 0.306 e. The van der Waals surface area contributed by atoms with E-state index < -0.39 is 23.1 Å². The lowest BCUT2D eigenvalue weighted by molar-refractivity contribution is -0.141. The third-order valence-electron chi connectivity index (χ3n) is 4.30. The van der Waals surface area contributed by atoms with E-state index in [0.29, 0.717) is 5.57 Å². The first-order valence-electron chi connectivity index (χ1n) is 8.37. The summed E-state index contributed by atoms with van der Waals surface area (Å²) in [6.07, 6.45) is 1.76. The van der Waals surface area contributed by atoms with Gasteiger partial charge in [-0.1, -0.05) is 18.2 Å². The molecule has 0 fully saturated rings. The zero-order chi connectivity index (χ0) is 19.4.